The second-order valence-corrected chi connectivity index (χ2v) is 9.05. The van der Waals surface area contributed by atoms with Crippen LogP contribution in [0, 0.1) is 0 Å². The van der Waals surface area contributed by atoms with Gasteiger partial charge in [-0.15, -0.1) is 0 Å². The minimum Gasteiger partial charge on any atom is -0.309 e. The van der Waals surface area contributed by atoms with Gasteiger partial charge in [0.1, 0.15) is 0 Å². The number of hydrogen-bond acceptors (Lipinski definition) is 0. The molecule has 8 rings (SSSR count). The summed E-state index contributed by atoms with van der Waals surface area (Å²) in [7, 11) is 0. The zero-order valence-corrected chi connectivity index (χ0v) is 20.0. The Bertz CT molecular complexity index is 2650. The first-order chi connectivity index (χ1) is 23.0. The van der Waals surface area contributed by atoms with Crippen molar-refractivity contribution >= 4 is 43.6 Å². The van der Waals surface area contributed by atoms with Crippen molar-refractivity contribution in [2.24, 2.45) is 0 Å². The first-order valence-corrected chi connectivity index (χ1v) is 12.2. The SMILES string of the molecule is [2H]c1cc([2H])c(-n2c3c([2H])c([2H])c([2H])c([2H])c3c3c([2H])c(-c4ccc5c(c4)c4ccccc4n5-c4ccccc4)c([2H])c([2H])c32)c([2H])c1. The Morgan fingerprint density at radius 2 is 1.16 bits per heavy atom. The van der Waals surface area contributed by atoms with Gasteiger partial charge in [0.2, 0.25) is 0 Å². The summed E-state index contributed by atoms with van der Waals surface area (Å²) >= 11 is 0. The molecule has 0 fully saturated rings. The van der Waals surface area contributed by atoms with Crippen molar-refractivity contribution in [1.29, 1.82) is 0 Å². The monoisotopic (exact) mass is 494 g/mol. The zero-order chi connectivity index (χ0) is 33.8. The smallest absolute Gasteiger partial charge is 0.0645 e. The van der Waals surface area contributed by atoms with E-state index in [1.807, 2.05) is 66.7 Å². The molecule has 2 nitrogen and oxygen atoms in total. The number of para-hydroxylation sites is 4. The van der Waals surface area contributed by atoms with Gasteiger partial charge in [-0.1, -0.05) is 84.8 Å². The Morgan fingerprint density at radius 3 is 2.05 bits per heavy atom. The summed E-state index contributed by atoms with van der Waals surface area (Å²) in [6, 6.07) is 22.4. The van der Waals surface area contributed by atoms with Crippen LogP contribution < -0.4 is 0 Å². The highest BCUT2D eigenvalue weighted by Crippen LogP contribution is 2.38. The number of fused-ring (bicyclic) bond motifs is 6. The molecule has 0 atom stereocenters. The molecule has 0 spiro atoms. The topological polar surface area (TPSA) is 9.86 Å². The van der Waals surface area contributed by atoms with Gasteiger partial charge in [0.15, 0.2) is 0 Å². The van der Waals surface area contributed by atoms with Gasteiger partial charge in [0.25, 0.3) is 0 Å². The van der Waals surface area contributed by atoms with Gasteiger partial charge in [-0.2, -0.15) is 0 Å². The van der Waals surface area contributed by atoms with E-state index < -0.39 is 24.2 Å². The summed E-state index contributed by atoms with van der Waals surface area (Å²) in [5, 5.41) is 1.81. The van der Waals surface area contributed by atoms with Gasteiger partial charge in [0, 0.05) is 32.9 Å². The maximum Gasteiger partial charge on any atom is 0.0645 e. The van der Waals surface area contributed by atoms with E-state index in [1.54, 1.807) is 6.07 Å². The van der Waals surface area contributed by atoms with E-state index in [9.17, 15) is 4.11 Å². The van der Waals surface area contributed by atoms with Crippen molar-refractivity contribution in [3.63, 3.8) is 0 Å². The average Bonchev–Trinajstić information content (AvgIpc) is 3.59. The molecule has 0 radical (unpaired) electrons. The largest absolute Gasteiger partial charge is 0.309 e. The molecule has 2 heteroatoms. The van der Waals surface area contributed by atoms with Crippen molar-refractivity contribution < 1.29 is 13.7 Å². The quantitative estimate of drug-likeness (QED) is 0.231. The van der Waals surface area contributed by atoms with Crippen LogP contribution in [0.15, 0.2) is 145 Å². The predicted octanol–water partition coefficient (Wildman–Crippen LogP) is 9.55. The van der Waals surface area contributed by atoms with Gasteiger partial charge in [-0.25, -0.2) is 0 Å². The zero-order valence-electron chi connectivity index (χ0n) is 30.0. The van der Waals surface area contributed by atoms with Crippen molar-refractivity contribution in [2.45, 2.75) is 0 Å². The van der Waals surface area contributed by atoms with E-state index in [1.165, 1.54) is 16.7 Å². The van der Waals surface area contributed by atoms with Crippen LogP contribution in [0.5, 0.6) is 0 Å². The van der Waals surface area contributed by atoms with Crippen molar-refractivity contribution in [3.8, 4) is 22.5 Å². The summed E-state index contributed by atoms with van der Waals surface area (Å²) in [6.45, 7) is 0. The molecule has 0 amide bonds. The van der Waals surface area contributed by atoms with Gasteiger partial charge in [-0.05, 0) is 71.7 Å². The minimum atomic E-state index is -0.545. The number of rotatable bonds is 3. The molecule has 0 saturated heterocycles. The van der Waals surface area contributed by atoms with Crippen LogP contribution in [0.1, 0.15) is 13.7 Å². The first-order valence-electron chi connectivity index (χ1n) is 17.2. The first kappa shape index (κ1) is 13.5. The van der Waals surface area contributed by atoms with E-state index in [0.29, 0.717) is 5.56 Å². The Hall–Kier alpha value is -5.08. The molecular formula is C36H24N2. The minimum absolute atomic E-state index is 0.0218. The lowest BCUT2D eigenvalue weighted by molar-refractivity contribution is 1.18. The molecule has 0 aliphatic rings. The van der Waals surface area contributed by atoms with E-state index in [0.717, 1.165) is 27.5 Å². The molecule has 0 N–H and O–H groups in total. The molecular weight excluding hydrogens is 460 g/mol. The van der Waals surface area contributed by atoms with Crippen molar-refractivity contribution in [2.75, 3.05) is 0 Å². The van der Waals surface area contributed by atoms with Gasteiger partial charge in [-0.3, -0.25) is 0 Å². The highest BCUT2D eigenvalue weighted by Gasteiger charge is 2.15. The van der Waals surface area contributed by atoms with Gasteiger partial charge in [0.05, 0.1) is 35.8 Å². The third kappa shape index (κ3) is 3.07. The van der Waals surface area contributed by atoms with Crippen molar-refractivity contribution in [1.82, 2.24) is 9.13 Å². The number of aromatic nitrogens is 2. The maximum atomic E-state index is 9.52. The lowest BCUT2D eigenvalue weighted by atomic mass is 10.0. The molecule has 38 heavy (non-hydrogen) atoms. The van der Waals surface area contributed by atoms with Gasteiger partial charge < -0.3 is 9.13 Å². The van der Waals surface area contributed by atoms with Gasteiger partial charge >= 0.3 is 0 Å². The number of hydrogen-bond donors (Lipinski definition) is 0. The van der Waals surface area contributed by atoms with Crippen LogP contribution >= 0.6 is 0 Å². The molecule has 2 aromatic heterocycles. The van der Waals surface area contributed by atoms with E-state index in [2.05, 4.69) is 4.57 Å². The van der Waals surface area contributed by atoms with E-state index in [4.69, 9.17) is 9.60 Å². The normalized spacial score (nSPS) is 15.4. The second kappa shape index (κ2) is 8.22. The molecule has 0 unspecified atom stereocenters. The fourth-order valence-electron chi connectivity index (χ4n) is 5.30. The third-order valence-corrected chi connectivity index (χ3v) is 6.94. The standard InChI is InChI=1S/C36H24N2/c1-3-11-27(12-4-1)37-33-17-9-7-15-29(33)31-23-25(19-21-35(31)37)26-20-22-36-32(24-26)30-16-8-10-18-34(30)38(36)28-13-5-2-6-14-28/h1-24H/i1D,7D,9D,11D,12D,15D,17D,19D,21D,23D. The number of benzene rings is 6. The molecule has 6 aromatic carbocycles. The molecule has 0 aliphatic heterocycles. The summed E-state index contributed by atoms with van der Waals surface area (Å²) in [5.74, 6) is 0. The van der Waals surface area contributed by atoms with Crippen LogP contribution in [-0.4, -0.2) is 9.13 Å². The highest BCUT2D eigenvalue weighted by molar-refractivity contribution is 6.12. The summed E-state index contributed by atoms with van der Waals surface area (Å²) < 4.78 is 91.2. The maximum absolute atomic E-state index is 9.52. The molecule has 0 aliphatic carbocycles. The van der Waals surface area contributed by atoms with E-state index >= 15 is 0 Å². The lowest BCUT2D eigenvalue weighted by Gasteiger charge is -2.09. The van der Waals surface area contributed by atoms with Crippen LogP contribution in [0.4, 0.5) is 0 Å². The summed E-state index contributed by atoms with van der Waals surface area (Å²) in [5.41, 5.74) is 3.18. The molecule has 2 heterocycles. The summed E-state index contributed by atoms with van der Waals surface area (Å²) in [6.07, 6.45) is 0. The number of nitrogens with zero attached hydrogens (tertiary/aromatic N) is 2. The molecule has 8 aromatic rings. The van der Waals surface area contributed by atoms with Crippen LogP contribution in [0.25, 0.3) is 66.1 Å². The molecule has 0 saturated carbocycles. The Kier molecular flexibility index (Phi) is 2.91. The summed E-state index contributed by atoms with van der Waals surface area (Å²) in [4.78, 5) is 0. The Balaban J connectivity index is 1.52. The molecule has 0 bridgehead atoms. The average molecular weight is 495 g/mol. The predicted molar refractivity (Wildman–Crippen MR) is 161 cm³/mol. The van der Waals surface area contributed by atoms with Crippen LogP contribution in [0.2, 0.25) is 0 Å². The second-order valence-electron chi connectivity index (χ2n) is 9.05. The Labute approximate surface area is 234 Å². The third-order valence-electron chi connectivity index (χ3n) is 6.94. The fourth-order valence-corrected chi connectivity index (χ4v) is 5.30. The lowest BCUT2D eigenvalue weighted by Crippen LogP contribution is -1.93. The molecule has 178 valence electrons. The Morgan fingerprint density at radius 1 is 0.421 bits per heavy atom. The van der Waals surface area contributed by atoms with Crippen LogP contribution in [0.3, 0.4) is 0 Å². The van der Waals surface area contributed by atoms with Crippen LogP contribution in [-0.2, 0) is 0 Å². The fraction of sp³-hybridized carbons (Fsp3) is 0. The highest BCUT2D eigenvalue weighted by atomic mass is 15.0. The van der Waals surface area contributed by atoms with E-state index in [-0.39, 0.29) is 69.3 Å². The van der Waals surface area contributed by atoms with Crippen molar-refractivity contribution in [3.05, 3.63) is 145 Å².